The van der Waals surface area contributed by atoms with E-state index >= 15 is 0 Å². The number of nitrogens with one attached hydrogen (secondary N) is 2. The lowest BCUT2D eigenvalue weighted by molar-refractivity contribution is 0.242. The van der Waals surface area contributed by atoms with Crippen molar-refractivity contribution in [1.29, 1.82) is 0 Å². The standard InChI is InChI=1S/C15H26N4O3S/c1-4-23(20,21)18-11-5-10-17-15(16)19-13-6-8-14(9-7-13)22-12(2)3/h6-9,12,18H,4-5,10-11H2,1-3H3,(H3,16,17,19). The summed E-state index contributed by atoms with van der Waals surface area (Å²) in [5, 5.41) is 2.97. The molecule has 1 aromatic rings. The van der Waals surface area contributed by atoms with Crippen molar-refractivity contribution in [1.82, 2.24) is 4.72 Å². The third-order valence-corrected chi connectivity index (χ3v) is 4.22. The van der Waals surface area contributed by atoms with Crippen LogP contribution in [-0.2, 0) is 10.0 Å². The summed E-state index contributed by atoms with van der Waals surface area (Å²) in [6.07, 6.45) is 0.716. The van der Waals surface area contributed by atoms with Gasteiger partial charge in [0.1, 0.15) is 5.75 Å². The van der Waals surface area contributed by atoms with Crippen LogP contribution in [0.2, 0.25) is 0 Å². The average Bonchev–Trinajstić information content (AvgIpc) is 2.48. The van der Waals surface area contributed by atoms with E-state index in [-0.39, 0.29) is 11.9 Å². The Kier molecular flexibility index (Phi) is 7.84. The lowest BCUT2D eigenvalue weighted by Crippen LogP contribution is -2.27. The Morgan fingerprint density at radius 3 is 2.52 bits per heavy atom. The minimum atomic E-state index is -3.14. The minimum absolute atomic E-state index is 0.0798. The van der Waals surface area contributed by atoms with Gasteiger partial charge in [-0.15, -0.1) is 0 Å². The van der Waals surface area contributed by atoms with Gasteiger partial charge in [-0.05, 0) is 51.5 Å². The molecule has 0 aromatic heterocycles. The third-order valence-electron chi connectivity index (χ3n) is 2.82. The molecular weight excluding hydrogens is 316 g/mol. The Balaban J connectivity index is 2.36. The van der Waals surface area contributed by atoms with Gasteiger partial charge in [-0.1, -0.05) is 0 Å². The molecule has 0 saturated carbocycles. The van der Waals surface area contributed by atoms with Gasteiger partial charge in [0.25, 0.3) is 0 Å². The second kappa shape index (κ2) is 9.36. The van der Waals surface area contributed by atoms with Crippen molar-refractivity contribution in [3.8, 4) is 5.75 Å². The highest BCUT2D eigenvalue weighted by Crippen LogP contribution is 2.16. The molecule has 23 heavy (non-hydrogen) atoms. The zero-order valence-corrected chi connectivity index (χ0v) is 14.7. The molecule has 4 N–H and O–H groups in total. The fraction of sp³-hybridized carbons (Fsp3) is 0.533. The molecule has 0 saturated heterocycles. The van der Waals surface area contributed by atoms with Crippen LogP contribution in [0.5, 0.6) is 5.75 Å². The summed E-state index contributed by atoms with van der Waals surface area (Å²) in [4.78, 5) is 4.15. The van der Waals surface area contributed by atoms with Crippen molar-refractivity contribution in [2.75, 3.05) is 24.2 Å². The van der Waals surface area contributed by atoms with Crippen LogP contribution in [0.15, 0.2) is 29.3 Å². The number of sulfonamides is 1. The fourth-order valence-electron chi connectivity index (χ4n) is 1.68. The van der Waals surface area contributed by atoms with Crippen molar-refractivity contribution in [3.63, 3.8) is 0 Å². The topological polar surface area (TPSA) is 106 Å². The number of aliphatic imine (C=N–C) groups is 1. The van der Waals surface area contributed by atoms with E-state index in [1.54, 1.807) is 6.92 Å². The first-order chi connectivity index (χ1) is 10.8. The van der Waals surface area contributed by atoms with E-state index in [0.29, 0.717) is 25.5 Å². The maximum Gasteiger partial charge on any atom is 0.211 e. The molecule has 0 bridgehead atoms. The van der Waals surface area contributed by atoms with Crippen LogP contribution in [0.25, 0.3) is 0 Å². The molecule has 0 radical (unpaired) electrons. The molecular formula is C15H26N4O3S. The normalized spacial score (nSPS) is 12.4. The summed E-state index contributed by atoms with van der Waals surface area (Å²) in [6, 6.07) is 7.43. The molecule has 0 aliphatic heterocycles. The highest BCUT2D eigenvalue weighted by Gasteiger charge is 2.04. The summed E-state index contributed by atoms with van der Waals surface area (Å²) in [6.45, 7) is 6.34. The molecule has 1 aromatic carbocycles. The molecule has 8 heteroatoms. The second-order valence-electron chi connectivity index (χ2n) is 5.23. The monoisotopic (exact) mass is 342 g/mol. The number of guanidine groups is 1. The summed E-state index contributed by atoms with van der Waals surface area (Å²) < 4.78 is 30.5. The molecule has 0 heterocycles. The molecule has 0 amide bonds. The minimum Gasteiger partial charge on any atom is -0.491 e. The Bertz CT molecular complexity index is 598. The van der Waals surface area contributed by atoms with E-state index in [0.717, 1.165) is 11.4 Å². The average molecular weight is 342 g/mol. The molecule has 0 aliphatic rings. The molecule has 0 spiro atoms. The Labute approximate surface area is 138 Å². The molecule has 0 atom stereocenters. The van der Waals surface area contributed by atoms with Gasteiger partial charge in [0.15, 0.2) is 5.96 Å². The molecule has 130 valence electrons. The maximum atomic E-state index is 11.2. The van der Waals surface area contributed by atoms with Crippen LogP contribution in [0.3, 0.4) is 0 Å². The van der Waals surface area contributed by atoms with Gasteiger partial charge in [0.2, 0.25) is 10.0 Å². The largest absolute Gasteiger partial charge is 0.491 e. The number of ether oxygens (including phenoxy) is 1. The smallest absolute Gasteiger partial charge is 0.211 e. The highest BCUT2D eigenvalue weighted by molar-refractivity contribution is 7.89. The van der Waals surface area contributed by atoms with E-state index in [2.05, 4.69) is 15.0 Å². The first-order valence-corrected chi connectivity index (χ1v) is 9.28. The van der Waals surface area contributed by atoms with E-state index < -0.39 is 10.0 Å². The molecule has 7 nitrogen and oxygen atoms in total. The van der Waals surface area contributed by atoms with Crippen LogP contribution < -0.4 is 20.5 Å². The summed E-state index contributed by atoms with van der Waals surface area (Å²) >= 11 is 0. The summed E-state index contributed by atoms with van der Waals surface area (Å²) in [7, 11) is -3.14. The van der Waals surface area contributed by atoms with Gasteiger partial charge in [-0.2, -0.15) is 0 Å². The number of anilines is 1. The number of nitrogens with zero attached hydrogens (tertiary/aromatic N) is 1. The second-order valence-corrected chi connectivity index (χ2v) is 7.33. The predicted molar refractivity (Wildman–Crippen MR) is 94.4 cm³/mol. The van der Waals surface area contributed by atoms with Crippen molar-refractivity contribution in [2.24, 2.45) is 10.7 Å². The number of nitrogens with two attached hydrogens (primary N) is 1. The zero-order chi connectivity index (χ0) is 17.3. The van der Waals surface area contributed by atoms with Crippen LogP contribution in [0.1, 0.15) is 27.2 Å². The van der Waals surface area contributed by atoms with Gasteiger partial charge >= 0.3 is 0 Å². The van der Waals surface area contributed by atoms with Crippen LogP contribution >= 0.6 is 0 Å². The lowest BCUT2D eigenvalue weighted by Gasteiger charge is -2.11. The van der Waals surface area contributed by atoms with Crippen LogP contribution in [0, 0.1) is 0 Å². The first kappa shape index (κ1) is 19.2. The van der Waals surface area contributed by atoms with Gasteiger partial charge in [-0.3, -0.25) is 4.99 Å². The van der Waals surface area contributed by atoms with Gasteiger partial charge in [0.05, 0.1) is 11.9 Å². The number of benzene rings is 1. The SMILES string of the molecule is CCS(=O)(=O)NCCCN=C(N)Nc1ccc(OC(C)C)cc1. The van der Waals surface area contributed by atoms with E-state index in [4.69, 9.17) is 10.5 Å². The molecule has 0 fully saturated rings. The summed E-state index contributed by atoms with van der Waals surface area (Å²) in [5.41, 5.74) is 6.60. The first-order valence-electron chi connectivity index (χ1n) is 7.63. The molecule has 0 aliphatic carbocycles. The van der Waals surface area contributed by atoms with Crippen LogP contribution in [-0.4, -0.2) is 39.3 Å². The zero-order valence-electron chi connectivity index (χ0n) is 13.9. The maximum absolute atomic E-state index is 11.2. The van der Waals surface area contributed by atoms with Crippen molar-refractivity contribution < 1.29 is 13.2 Å². The van der Waals surface area contributed by atoms with E-state index in [1.165, 1.54) is 0 Å². The molecule has 0 unspecified atom stereocenters. The Hall–Kier alpha value is -1.80. The lowest BCUT2D eigenvalue weighted by atomic mass is 10.3. The highest BCUT2D eigenvalue weighted by atomic mass is 32.2. The Morgan fingerprint density at radius 2 is 1.96 bits per heavy atom. The third kappa shape index (κ3) is 8.41. The predicted octanol–water partition coefficient (Wildman–Crippen LogP) is 1.53. The van der Waals surface area contributed by atoms with E-state index in [1.807, 2.05) is 38.1 Å². The van der Waals surface area contributed by atoms with Gasteiger partial charge in [-0.25, -0.2) is 13.1 Å². The van der Waals surface area contributed by atoms with E-state index in [9.17, 15) is 8.42 Å². The van der Waals surface area contributed by atoms with Gasteiger partial charge < -0.3 is 15.8 Å². The number of rotatable bonds is 9. The quantitative estimate of drug-likeness (QED) is 0.358. The fourth-order valence-corrected chi connectivity index (χ4v) is 2.34. The Morgan fingerprint density at radius 1 is 1.30 bits per heavy atom. The van der Waals surface area contributed by atoms with Crippen molar-refractivity contribution in [3.05, 3.63) is 24.3 Å². The van der Waals surface area contributed by atoms with Crippen LogP contribution in [0.4, 0.5) is 5.69 Å². The summed E-state index contributed by atoms with van der Waals surface area (Å²) in [5.74, 6) is 1.17. The number of hydrogen-bond acceptors (Lipinski definition) is 4. The van der Waals surface area contributed by atoms with Gasteiger partial charge in [0, 0.05) is 18.8 Å². The number of hydrogen-bond donors (Lipinski definition) is 3. The van der Waals surface area contributed by atoms with Crippen molar-refractivity contribution in [2.45, 2.75) is 33.3 Å². The van der Waals surface area contributed by atoms with Crippen molar-refractivity contribution >= 4 is 21.7 Å². The molecule has 1 rings (SSSR count).